The molecule has 2 aromatic rings. The van der Waals surface area contributed by atoms with Gasteiger partial charge in [0.15, 0.2) is 11.2 Å². The Morgan fingerprint density at radius 1 is 1.58 bits per heavy atom. The van der Waals surface area contributed by atoms with Crippen LogP contribution in [0.4, 0.5) is 5.13 Å². The van der Waals surface area contributed by atoms with Gasteiger partial charge in [-0.05, 0) is 30.7 Å². The highest BCUT2D eigenvalue weighted by Gasteiger charge is 2.29. The van der Waals surface area contributed by atoms with Gasteiger partial charge in [-0.25, -0.2) is 4.98 Å². The highest BCUT2D eigenvalue weighted by molar-refractivity contribution is 7.13. The minimum atomic E-state index is -0.516. The average Bonchev–Trinajstić information content (AvgIpc) is 2.95. The van der Waals surface area contributed by atoms with Crippen molar-refractivity contribution in [3.63, 3.8) is 0 Å². The summed E-state index contributed by atoms with van der Waals surface area (Å²) in [5, 5.41) is 5.90. The Morgan fingerprint density at radius 3 is 3.16 bits per heavy atom. The summed E-state index contributed by atoms with van der Waals surface area (Å²) in [6.45, 7) is 1.88. The molecule has 0 saturated carbocycles. The molecule has 1 aliphatic rings. The van der Waals surface area contributed by atoms with Gasteiger partial charge in [0.25, 0.3) is 5.91 Å². The van der Waals surface area contributed by atoms with E-state index in [2.05, 4.69) is 10.3 Å². The lowest BCUT2D eigenvalue weighted by Gasteiger charge is -2.09. The molecule has 0 radical (unpaired) electrons. The fourth-order valence-electron chi connectivity index (χ4n) is 1.96. The number of halogens is 1. The van der Waals surface area contributed by atoms with Gasteiger partial charge in [-0.3, -0.25) is 10.1 Å². The summed E-state index contributed by atoms with van der Waals surface area (Å²) in [6, 6.07) is 5.38. The Kier molecular flexibility index (Phi) is 3.16. The van der Waals surface area contributed by atoms with E-state index in [0.29, 0.717) is 16.6 Å². The molecule has 1 aromatic carbocycles. The Hall–Kier alpha value is -1.59. The van der Waals surface area contributed by atoms with E-state index >= 15 is 0 Å². The predicted octanol–water partition coefficient (Wildman–Crippen LogP) is 3.05. The molecule has 98 valence electrons. The number of nitrogens with zero attached hydrogens (tertiary/aromatic N) is 1. The molecule has 1 atom stereocenters. The summed E-state index contributed by atoms with van der Waals surface area (Å²) in [6.07, 6.45) is 0.0178. The van der Waals surface area contributed by atoms with Crippen LogP contribution in [0, 0.1) is 6.92 Å². The van der Waals surface area contributed by atoms with Gasteiger partial charge in [-0.2, -0.15) is 0 Å². The first kappa shape index (κ1) is 12.4. The number of amides is 1. The van der Waals surface area contributed by atoms with Crippen LogP contribution in [-0.4, -0.2) is 17.0 Å². The quantitative estimate of drug-likeness (QED) is 0.926. The SMILES string of the molecule is Cc1csc(NC(=O)C2Cc3cc(Cl)ccc3O2)n1. The molecule has 1 N–H and O–H groups in total. The van der Waals surface area contributed by atoms with Crippen LogP contribution in [0.3, 0.4) is 0 Å². The van der Waals surface area contributed by atoms with Crippen LogP contribution in [-0.2, 0) is 11.2 Å². The van der Waals surface area contributed by atoms with E-state index in [-0.39, 0.29) is 5.91 Å². The number of fused-ring (bicyclic) bond motifs is 1. The fraction of sp³-hybridized carbons (Fsp3) is 0.231. The monoisotopic (exact) mass is 294 g/mol. The topological polar surface area (TPSA) is 51.2 Å². The molecule has 1 amide bonds. The smallest absolute Gasteiger partial charge is 0.267 e. The maximum atomic E-state index is 12.1. The number of hydrogen-bond donors (Lipinski definition) is 1. The minimum absolute atomic E-state index is 0.179. The predicted molar refractivity (Wildman–Crippen MR) is 75.1 cm³/mol. The zero-order valence-corrected chi connectivity index (χ0v) is 11.7. The van der Waals surface area contributed by atoms with Crippen molar-refractivity contribution in [2.24, 2.45) is 0 Å². The summed E-state index contributed by atoms with van der Waals surface area (Å²) in [7, 11) is 0. The number of thiazole rings is 1. The first-order chi connectivity index (χ1) is 9.11. The molecule has 2 heterocycles. The van der Waals surface area contributed by atoms with E-state index in [9.17, 15) is 4.79 Å². The van der Waals surface area contributed by atoms with Crippen LogP contribution in [0.1, 0.15) is 11.3 Å². The van der Waals surface area contributed by atoms with Crippen molar-refractivity contribution in [3.05, 3.63) is 39.9 Å². The fourth-order valence-corrected chi connectivity index (χ4v) is 2.85. The van der Waals surface area contributed by atoms with Gasteiger partial charge in [0, 0.05) is 16.8 Å². The van der Waals surface area contributed by atoms with E-state index in [4.69, 9.17) is 16.3 Å². The Balaban J connectivity index is 1.70. The second kappa shape index (κ2) is 4.83. The third-order valence-corrected chi connectivity index (χ3v) is 3.95. The molecule has 0 bridgehead atoms. The molecule has 1 aliphatic heterocycles. The number of rotatable bonds is 2. The third-order valence-electron chi connectivity index (χ3n) is 2.84. The maximum absolute atomic E-state index is 12.1. The molecule has 4 nitrogen and oxygen atoms in total. The van der Waals surface area contributed by atoms with Crippen LogP contribution in [0.5, 0.6) is 5.75 Å². The van der Waals surface area contributed by atoms with Gasteiger partial charge in [-0.1, -0.05) is 11.6 Å². The summed E-state index contributed by atoms with van der Waals surface area (Å²) in [5.41, 5.74) is 1.85. The van der Waals surface area contributed by atoms with Crippen molar-refractivity contribution in [1.82, 2.24) is 4.98 Å². The van der Waals surface area contributed by atoms with Crippen molar-refractivity contribution < 1.29 is 9.53 Å². The van der Waals surface area contributed by atoms with Gasteiger partial charge in [0.05, 0.1) is 5.69 Å². The standard InChI is InChI=1S/C13H11ClN2O2S/c1-7-6-19-13(15-7)16-12(17)11-5-8-4-9(14)2-3-10(8)18-11/h2-4,6,11H,5H2,1H3,(H,15,16,17). The molecule has 1 aromatic heterocycles. The van der Waals surface area contributed by atoms with E-state index < -0.39 is 6.10 Å². The number of anilines is 1. The highest BCUT2D eigenvalue weighted by Crippen LogP contribution is 2.31. The zero-order chi connectivity index (χ0) is 13.4. The normalized spacial score (nSPS) is 16.8. The van der Waals surface area contributed by atoms with E-state index in [0.717, 1.165) is 17.0 Å². The van der Waals surface area contributed by atoms with Gasteiger partial charge in [0.1, 0.15) is 5.75 Å². The Labute approximate surface area is 119 Å². The summed E-state index contributed by atoms with van der Waals surface area (Å²) in [4.78, 5) is 16.3. The number of carbonyl (C=O) groups excluding carboxylic acids is 1. The molecule has 19 heavy (non-hydrogen) atoms. The minimum Gasteiger partial charge on any atom is -0.480 e. The van der Waals surface area contributed by atoms with Crippen LogP contribution in [0.2, 0.25) is 5.02 Å². The molecule has 0 fully saturated rings. The molecular formula is C13H11ClN2O2S. The molecule has 3 rings (SSSR count). The maximum Gasteiger partial charge on any atom is 0.267 e. The van der Waals surface area contributed by atoms with Crippen LogP contribution in [0.25, 0.3) is 0 Å². The van der Waals surface area contributed by atoms with Crippen LogP contribution in [0.15, 0.2) is 23.6 Å². The number of aromatic nitrogens is 1. The molecular weight excluding hydrogens is 284 g/mol. The molecule has 0 aliphatic carbocycles. The van der Waals surface area contributed by atoms with E-state index in [1.54, 1.807) is 12.1 Å². The molecule has 1 unspecified atom stereocenters. The number of benzene rings is 1. The lowest BCUT2D eigenvalue weighted by Crippen LogP contribution is -2.31. The van der Waals surface area contributed by atoms with Gasteiger partial charge < -0.3 is 4.74 Å². The summed E-state index contributed by atoms with van der Waals surface area (Å²) in [5.74, 6) is 0.543. The lowest BCUT2D eigenvalue weighted by molar-refractivity contribution is -0.122. The summed E-state index contributed by atoms with van der Waals surface area (Å²) >= 11 is 7.32. The Bertz CT molecular complexity index is 641. The number of carbonyl (C=O) groups is 1. The summed E-state index contributed by atoms with van der Waals surface area (Å²) < 4.78 is 5.61. The second-order valence-corrected chi connectivity index (χ2v) is 5.64. The molecule has 0 spiro atoms. The van der Waals surface area contributed by atoms with Gasteiger partial charge in [-0.15, -0.1) is 11.3 Å². The number of aryl methyl sites for hydroxylation is 1. The van der Waals surface area contributed by atoms with E-state index in [1.165, 1.54) is 11.3 Å². The second-order valence-electron chi connectivity index (χ2n) is 4.35. The average molecular weight is 295 g/mol. The lowest BCUT2D eigenvalue weighted by atomic mass is 10.1. The first-order valence-corrected chi connectivity index (χ1v) is 7.05. The number of hydrogen-bond acceptors (Lipinski definition) is 4. The van der Waals surface area contributed by atoms with Crippen molar-refractivity contribution in [2.45, 2.75) is 19.4 Å². The van der Waals surface area contributed by atoms with Crippen molar-refractivity contribution in [3.8, 4) is 5.75 Å². The molecule has 0 saturated heterocycles. The number of ether oxygens (including phenoxy) is 1. The molecule has 6 heteroatoms. The van der Waals surface area contributed by atoms with Crippen LogP contribution < -0.4 is 10.1 Å². The number of nitrogens with one attached hydrogen (secondary N) is 1. The first-order valence-electron chi connectivity index (χ1n) is 5.80. The van der Waals surface area contributed by atoms with Crippen molar-refractivity contribution >= 4 is 34.0 Å². The van der Waals surface area contributed by atoms with Crippen molar-refractivity contribution in [1.29, 1.82) is 0 Å². The van der Waals surface area contributed by atoms with E-state index in [1.807, 2.05) is 18.4 Å². The van der Waals surface area contributed by atoms with Gasteiger partial charge in [0.2, 0.25) is 0 Å². The zero-order valence-electron chi connectivity index (χ0n) is 10.1. The van der Waals surface area contributed by atoms with Crippen molar-refractivity contribution in [2.75, 3.05) is 5.32 Å². The van der Waals surface area contributed by atoms with Gasteiger partial charge >= 0.3 is 0 Å². The van der Waals surface area contributed by atoms with Crippen LogP contribution >= 0.6 is 22.9 Å². The third kappa shape index (κ3) is 2.57. The largest absolute Gasteiger partial charge is 0.480 e. The highest BCUT2D eigenvalue weighted by atomic mass is 35.5. The Morgan fingerprint density at radius 2 is 2.42 bits per heavy atom.